The first-order valence-corrected chi connectivity index (χ1v) is 17.9. The van der Waals surface area contributed by atoms with Crippen LogP contribution in [0.1, 0.15) is 69.7 Å². The highest BCUT2D eigenvalue weighted by atomic mass is 16.6. The van der Waals surface area contributed by atoms with E-state index in [1.165, 1.54) is 0 Å². The molecule has 0 saturated carbocycles. The van der Waals surface area contributed by atoms with E-state index in [9.17, 15) is 29.4 Å². The minimum atomic E-state index is -1.08. The van der Waals surface area contributed by atoms with Gasteiger partial charge >= 0.3 is 23.9 Å². The SMILES string of the molecule is C=CC(=O)OCC(O)COc1c(CC)cccc1CCc1cccc(C)c1OCC(COC(=O)C=C)OC(=O)C1CC=CCC1C(=O)O.CC.CC. The van der Waals surface area contributed by atoms with Crippen LogP contribution in [0.25, 0.3) is 0 Å². The maximum absolute atomic E-state index is 13.1. The monoisotopic (exact) mass is 724 g/mol. The van der Waals surface area contributed by atoms with Crippen LogP contribution >= 0.6 is 0 Å². The van der Waals surface area contributed by atoms with E-state index in [0.29, 0.717) is 30.8 Å². The topological polar surface area (TPSA) is 155 Å². The minimum Gasteiger partial charge on any atom is -0.490 e. The number of hydrogen-bond acceptors (Lipinski definition) is 10. The fourth-order valence-electron chi connectivity index (χ4n) is 5.28. The second-order valence-corrected chi connectivity index (χ2v) is 11.3. The Morgan fingerprint density at radius 3 is 1.87 bits per heavy atom. The fourth-order valence-corrected chi connectivity index (χ4v) is 5.28. The maximum Gasteiger partial charge on any atom is 0.330 e. The molecule has 0 aromatic heterocycles. The molecule has 0 amide bonds. The molecule has 2 N–H and O–H groups in total. The first-order valence-electron chi connectivity index (χ1n) is 17.9. The van der Waals surface area contributed by atoms with Crippen LogP contribution in [0.4, 0.5) is 0 Å². The van der Waals surface area contributed by atoms with Crippen LogP contribution in [-0.4, -0.2) is 72.7 Å². The normalized spacial score (nSPS) is 15.5. The summed E-state index contributed by atoms with van der Waals surface area (Å²) in [6.45, 7) is 17.9. The third kappa shape index (κ3) is 14.8. The molecule has 0 heterocycles. The summed E-state index contributed by atoms with van der Waals surface area (Å²) in [4.78, 5) is 48.0. The van der Waals surface area contributed by atoms with E-state index in [2.05, 4.69) is 13.2 Å². The van der Waals surface area contributed by atoms with Crippen LogP contribution in [-0.2, 0) is 52.7 Å². The molecule has 0 spiro atoms. The van der Waals surface area contributed by atoms with Crippen LogP contribution in [0.3, 0.4) is 0 Å². The number of aliphatic hydroxyl groups is 1. The molecule has 0 fully saturated rings. The molecule has 11 heteroatoms. The highest BCUT2D eigenvalue weighted by molar-refractivity contribution is 5.82. The highest BCUT2D eigenvalue weighted by Gasteiger charge is 2.36. The molecule has 1 aliphatic rings. The first-order chi connectivity index (χ1) is 25.1. The van der Waals surface area contributed by atoms with Crippen molar-refractivity contribution in [2.75, 3.05) is 26.4 Å². The van der Waals surface area contributed by atoms with Crippen LogP contribution in [0, 0.1) is 18.8 Å². The molecule has 11 nitrogen and oxygen atoms in total. The van der Waals surface area contributed by atoms with Crippen LogP contribution in [0.2, 0.25) is 0 Å². The number of aliphatic hydroxyl groups excluding tert-OH is 1. The van der Waals surface area contributed by atoms with Gasteiger partial charge in [0, 0.05) is 12.2 Å². The Morgan fingerprint density at radius 2 is 1.29 bits per heavy atom. The Hall–Kier alpha value is -4.90. The first kappa shape index (κ1) is 45.1. The molecule has 0 saturated heterocycles. The van der Waals surface area contributed by atoms with Crippen molar-refractivity contribution in [3.63, 3.8) is 0 Å². The molecule has 0 radical (unpaired) electrons. The smallest absolute Gasteiger partial charge is 0.330 e. The number of carbonyl (C=O) groups excluding carboxylic acids is 3. The van der Waals surface area contributed by atoms with Crippen molar-refractivity contribution in [1.82, 2.24) is 0 Å². The number of hydrogen-bond donors (Lipinski definition) is 2. The lowest BCUT2D eigenvalue weighted by atomic mass is 9.83. The summed E-state index contributed by atoms with van der Waals surface area (Å²) in [6.07, 6.45) is 5.72. The summed E-state index contributed by atoms with van der Waals surface area (Å²) in [5.74, 6) is -3.68. The molecule has 3 rings (SSSR count). The largest absolute Gasteiger partial charge is 0.490 e. The Labute approximate surface area is 308 Å². The van der Waals surface area contributed by atoms with Crippen molar-refractivity contribution in [2.24, 2.45) is 11.8 Å². The van der Waals surface area contributed by atoms with Gasteiger partial charge in [-0.25, -0.2) is 9.59 Å². The van der Waals surface area contributed by atoms with E-state index in [1.54, 1.807) is 12.2 Å². The minimum absolute atomic E-state index is 0.0753. The molecular formula is C41H56O11. The summed E-state index contributed by atoms with van der Waals surface area (Å²) in [7, 11) is 0. The Morgan fingerprint density at radius 1 is 0.769 bits per heavy atom. The van der Waals surface area contributed by atoms with Gasteiger partial charge < -0.3 is 33.9 Å². The Balaban J connectivity index is 0.00000326. The van der Waals surface area contributed by atoms with Crippen molar-refractivity contribution >= 4 is 23.9 Å². The number of esters is 3. The number of aliphatic carboxylic acids is 1. The van der Waals surface area contributed by atoms with Crippen molar-refractivity contribution in [1.29, 1.82) is 0 Å². The Kier molecular flexibility index (Phi) is 21.8. The number of rotatable bonds is 19. The zero-order valence-electron chi connectivity index (χ0n) is 31.4. The average molecular weight is 725 g/mol. The van der Waals surface area contributed by atoms with Gasteiger partial charge in [-0.2, -0.15) is 0 Å². The zero-order valence-corrected chi connectivity index (χ0v) is 31.4. The summed E-state index contributed by atoms with van der Waals surface area (Å²) in [6, 6.07) is 11.6. The number of allylic oxidation sites excluding steroid dienone is 2. The lowest BCUT2D eigenvalue weighted by Crippen LogP contribution is -2.37. The van der Waals surface area contributed by atoms with E-state index in [-0.39, 0.29) is 39.3 Å². The highest BCUT2D eigenvalue weighted by Crippen LogP contribution is 2.31. The molecule has 286 valence electrons. The van der Waals surface area contributed by atoms with Crippen LogP contribution < -0.4 is 9.47 Å². The van der Waals surface area contributed by atoms with Gasteiger partial charge in [0.15, 0.2) is 6.10 Å². The van der Waals surface area contributed by atoms with E-state index < -0.39 is 47.9 Å². The van der Waals surface area contributed by atoms with E-state index in [4.69, 9.17) is 23.7 Å². The standard InChI is InChI=1S/C37H44O11.2C2H6/c1-5-25-13-11-15-27(35(25)46-21-28(38)20-44-32(39)6-2)19-18-26-14-10-12-24(4)34(26)47-23-29(22-45-33(40)7-3)48-37(43)31-17-9-8-16-30(31)36(41)42;2*1-2/h6-15,28-31,38H,2-3,5,16-23H2,1,4H3,(H,41,42);2*1-2H3. The molecular weight excluding hydrogens is 668 g/mol. The Bertz CT molecular complexity index is 1480. The van der Waals surface area contributed by atoms with Gasteiger partial charge in [0.05, 0.1) is 11.8 Å². The molecule has 1 aliphatic carbocycles. The van der Waals surface area contributed by atoms with Gasteiger partial charge in [0.2, 0.25) is 0 Å². The number of carbonyl (C=O) groups is 4. The zero-order chi connectivity index (χ0) is 39.1. The lowest BCUT2D eigenvalue weighted by molar-refractivity contribution is -0.167. The number of carboxylic acid groups (broad SMARTS) is 1. The summed E-state index contributed by atoms with van der Waals surface area (Å²) < 4.78 is 28.0. The van der Waals surface area contributed by atoms with Gasteiger partial charge in [-0.1, -0.05) is 96.3 Å². The number of ether oxygens (including phenoxy) is 5. The van der Waals surface area contributed by atoms with Gasteiger partial charge in [0.1, 0.15) is 44.0 Å². The van der Waals surface area contributed by atoms with Crippen molar-refractivity contribution in [3.8, 4) is 11.5 Å². The van der Waals surface area contributed by atoms with Crippen molar-refractivity contribution < 1.29 is 53.1 Å². The second kappa shape index (κ2) is 25.1. The summed E-state index contributed by atoms with van der Waals surface area (Å²) in [5.41, 5.74) is 3.58. The van der Waals surface area contributed by atoms with Gasteiger partial charge in [0.25, 0.3) is 0 Å². The fraction of sp³-hybridized carbons (Fsp3) is 0.463. The molecule has 4 atom stereocenters. The molecule has 0 aliphatic heterocycles. The van der Waals surface area contributed by atoms with Crippen molar-refractivity contribution in [2.45, 2.75) is 85.9 Å². The molecule has 2 aromatic rings. The summed E-state index contributed by atoms with van der Waals surface area (Å²) in [5, 5.41) is 19.9. The van der Waals surface area contributed by atoms with E-state index in [1.807, 2.05) is 77.9 Å². The average Bonchev–Trinajstić information content (AvgIpc) is 3.17. The third-order valence-electron chi connectivity index (χ3n) is 7.85. The number of para-hydroxylation sites is 2. The van der Waals surface area contributed by atoms with Crippen LogP contribution in [0.5, 0.6) is 11.5 Å². The van der Waals surface area contributed by atoms with Gasteiger partial charge in [-0.05, 0) is 61.3 Å². The van der Waals surface area contributed by atoms with E-state index in [0.717, 1.165) is 34.4 Å². The maximum atomic E-state index is 13.1. The lowest BCUT2D eigenvalue weighted by Gasteiger charge is -2.26. The summed E-state index contributed by atoms with van der Waals surface area (Å²) >= 11 is 0. The predicted molar refractivity (Wildman–Crippen MR) is 199 cm³/mol. The van der Waals surface area contributed by atoms with Crippen LogP contribution in [0.15, 0.2) is 73.9 Å². The van der Waals surface area contributed by atoms with E-state index >= 15 is 0 Å². The van der Waals surface area contributed by atoms with Crippen molar-refractivity contribution in [3.05, 3.63) is 96.1 Å². The number of carboxylic acids is 1. The van der Waals surface area contributed by atoms with Gasteiger partial charge in [-0.15, -0.1) is 0 Å². The number of aryl methyl sites for hydroxylation is 4. The molecule has 0 bridgehead atoms. The molecule has 2 aromatic carbocycles. The second-order valence-electron chi connectivity index (χ2n) is 11.3. The quantitative estimate of drug-likeness (QED) is 0.0702. The molecule has 52 heavy (non-hydrogen) atoms. The van der Waals surface area contributed by atoms with Gasteiger partial charge in [-0.3, -0.25) is 9.59 Å². The molecule has 4 unspecified atom stereocenters. The third-order valence-corrected chi connectivity index (χ3v) is 7.85. The predicted octanol–water partition coefficient (Wildman–Crippen LogP) is 6.55. The number of benzene rings is 2.